The number of fused-ring (bicyclic) bond motifs is 1. The number of hydrogen-bond donors (Lipinski definition) is 1. The average molecular weight is 295 g/mol. The topological polar surface area (TPSA) is 54.5 Å². The molecule has 2 aliphatic heterocycles. The highest BCUT2D eigenvalue weighted by molar-refractivity contribution is 7.14. The van der Waals surface area contributed by atoms with Crippen LogP contribution < -0.4 is 5.32 Å². The smallest absolute Gasteiger partial charge is 0.360 e. The standard InChI is InChI=1S/C14H21N3O2S/c1-2-19-14(18)12-13(20-9-15-12)16-10-6-8-17-7-4-3-5-11(10)17/h9-11,16H,2-8H2,1H3. The Morgan fingerprint density at radius 1 is 1.50 bits per heavy atom. The molecule has 0 spiro atoms. The van der Waals surface area contributed by atoms with Crippen molar-refractivity contribution in [3.8, 4) is 0 Å². The molecular weight excluding hydrogens is 274 g/mol. The minimum atomic E-state index is -0.324. The molecule has 5 nitrogen and oxygen atoms in total. The third-order valence-electron chi connectivity index (χ3n) is 4.21. The van der Waals surface area contributed by atoms with E-state index >= 15 is 0 Å². The summed E-state index contributed by atoms with van der Waals surface area (Å²) in [4.78, 5) is 18.6. The van der Waals surface area contributed by atoms with Crippen molar-refractivity contribution >= 4 is 22.3 Å². The third kappa shape index (κ3) is 2.67. The molecule has 0 amide bonds. The fraction of sp³-hybridized carbons (Fsp3) is 0.714. The molecule has 2 atom stereocenters. The fourth-order valence-corrected chi connectivity index (χ4v) is 4.01. The van der Waals surface area contributed by atoms with E-state index in [1.165, 1.54) is 37.1 Å². The minimum absolute atomic E-state index is 0.324. The van der Waals surface area contributed by atoms with E-state index in [0.29, 0.717) is 24.4 Å². The summed E-state index contributed by atoms with van der Waals surface area (Å²) in [7, 11) is 0. The number of aromatic nitrogens is 1. The van der Waals surface area contributed by atoms with Crippen molar-refractivity contribution in [2.45, 2.75) is 44.7 Å². The summed E-state index contributed by atoms with van der Waals surface area (Å²) < 4.78 is 5.05. The number of hydrogen-bond acceptors (Lipinski definition) is 6. The number of esters is 1. The number of carbonyl (C=O) groups is 1. The van der Waals surface area contributed by atoms with Crippen molar-refractivity contribution in [3.63, 3.8) is 0 Å². The first-order chi connectivity index (χ1) is 9.79. The number of ether oxygens (including phenoxy) is 1. The molecule has 110 valence electrons. The predicted molar refractivity (Wildman–Crippen MR) is 79.3 cm³/mol. The number of piperidine rings is 1. The highest BCUT2D eigenvalue weighted by Gasteiger charge is 2.36. The Morgan fingerprint density at radius 3 is 3.25 bits per heavy atom. The van der Waals surface area contributed by atoms with Crippen LogP contribution in [0.1, 0.15) is 43.1 Å². The van der Waals surface area contributed by atoms with Gasteiger partial charge in [0.15, 0.2) is 5.69 Å². The van der Waals surface area contributed by atoms with E-state index in [4.69, 9.17) is 4.74 Å². The van der Waals surface area contributed by atoms with Gasteiger partial charge in [-0.05, 0) is 32.7 Å². The summed E-state index contributed by atoms with van der Waals surface area (Å²) in [5, 5.41) is 4.40. The van der Waals surface area contributed by atoms with Gasteiger partial charge in [-0.3, -0.25) is 4.90 Å². The van der Waals surface area contributed by atoms with Crippen LogP contribution in [-0.4, -0.2) is 47.6 Å². The van der Waals surface area contributed by atoms with Crippen molar-refractivity contribution in [2.24, 2.45) is 0 Å². The van der Waals surface area contributed by atoms with Gasteiger partial charge in [0.05, 0.1) is 12.1 Å². The Morgan fingerprint density at radius 2 is 2.40 bits per heavy atom. The third-order valence-corrected chi connectivity index (χ3v) is 4.97. The zero-order valence-electron chi connectivity index (χ0n) is 11.8. The van der Waals surface area contributed by atoms with Crippen LogP contribution in [0.3, 0.4) is 0 Å². The van der Waals surface area contributed by atoms with Crippen LogP contribution in [0.4, 0.5) is 5.00 Å². The van der Waals surface area contributed by atoms with Crippen molar-refractivity contribution in [1.29, 1.82) is 0 Å². The molecule has 0 aromatic carbocycles. The van der Waals surface area contributed by atoms with Gasteiger partial charge in [-0.2, -0.15) is 0 Å². The second-order valence-electron chi connectivity index (χ2n) is 5.39. The second kappa shape index (κ2) is 6.10. The van der Waals surface area contributed by atoms with Crippen LogP contribution in [-0.2, 0) is 4.74 Å². The number of thiazole rings is 1. The maximum absolute atomic E-state index is 11.9. The van der Waals surface area contributed by atoms with Crippen LogP contribution in [0.2, 0.25) is 0 Å². The van der Waals surface area contributed by atoms with Gasteiger partial charge >= 0.3 is 5.97 Å². The molecule has 2 unspecified atom stereocenters. The molecule has 0 aliphatic carbocycles. The largest absolute Gasteiger partial charge is 0.461 e. The normalized spacial score (nSPS) is 26.2. The van der Waals surface area contributed by atoms with E-state index in [9.17, 15) is 4.79 Å². The van der Waals surface area contributed by atoms with Gasteiger partial charge in [0.2, 0.25) is 0 Å². The Kier molecular flexibility index (Phi) is 4.21. The summed E-state index contributed by atoms with van der Waals surface area (Å²) >= 11 is 1.49. The first-order valence-electron chi connectivity index (χ1n) is 7.40. The molecule has 20 heavy (non-hydrogen) atoms. The van der Waals surface area contributed by atoms with Crippen molar-refractivity contribution < 1.29 is 9.53 Å². The number of nitrogens with one attached hydrogen (secondary N) is 1. The number of rotatable bonds is 4. The van der Waals surface area contributed by atoms with E-state index in [-0.39, 0.29) is 5.97 Å². The SMILES string of the molecule is CCOC(=O)c1ncsc1NC1CCN2CCCCC12. The molecule has 3 rings (SSSR count). The monoisotopic (exact) mass is 295 g/mol. The Labute approximate surface area is 123 Å². The van der Waals surface area contributed by atoms with E-state index in [2.05, 4.69) is 15.2 Å². The van der Waals surface area contributed by atoms with E-state index < -0.39 is 0 Å². The molecular formula is C14H21N3O2S. The molecule has 2 aliphatic rings. The van der Waals surface area contributed by atoms with Gasteiger partial charge in [-0.25, -0.2) is 9.78 Å². The summed E-state index contributed by atoms with van der Waals surface area (Å²) in [6.07, 6.45) is 5.03. The fourth-order valence-electron chi connectivity index (χ4n) is 3.28. The van der Waals surface area contributed by atoms with Gasteiger partial charge in [0.25, 0.3) is 0 Å². The molecule has 3 heterocycles. The van der Waals surface area contributed by atoms with Gasteiger partial charge in [-0.15, -0.1) is 11.3 Å². The van der Waals surface area contributed by atoms with Crippen LogP contribution in [0, 0.1) is 0 Å². The van der Waals surface area contributed by atoms with Crippen molar-refractivity contribution in [3.05, 3.63) is 11.2 Å². The van der Waals surface area contributed by atoms with Crippen LogP contribution in [0.25, 0.3) is 0 Å². The number of carbonyl (C=O) groups excluding carboxylic acids is 1. The van der Waals surface area contributed by atoms with E-state index in [0.717, 1.165) is 18.0 Å². The highest BCUT2D eigenvalue weighted by atomic mass is 32.1. The zero-order chi connectivity index (χ0) is 13.9. The Hall–Kier alpha value is -1.14. The molecule has 0 radical (unpaired) electrons. The quantitative estimate of drug-likeness (QED) is 0.864. The van der Waals surface area contributed by atoms with E-state index in [1.807, 2.05) is 6.92 Å². The van der Waals surface area contributed by atoms with Gasteiger partial charge in [-0.1, -0.05) is 6.42 Å². The molecule has 2 saturated heterocycles. The maximum Gasteiger partial charge on any atom is 0.360 e. The average Bonchev–Trinajstić information content (AvgIpc) is 3.07. The van der Waals surface area contributed by atoms with Gasteiger partial charge in [0.1, 0.15) is 5.00 Å². The lowest BCUT2D eigenvalue weighted by Crippen LogP contribution is -2.41. The van der Waals surface area contributed by atoms with Crippen LogP contribution in [0.5, 0.6) is 0 Å². The molecule has 2 fully saturated rings. The van der Waals surface area contributed by atoms with Crippen molar-refractivity contribution in [2.75, 3.05) is 25.0 Å². The van der Waals surface area contributed by atoms with E-state index in [1.54, 1.807) is 5.51 Å². The zero-order valence-corrected chi connectivity index (χ0v) is 12.6. The predicted octanol–water partition coefficient (Wildman–Crippen LogP) is 2.36. The molecule has 1 aromatic heterocycles. The summed E-state index contributed by atoms with van der Waals surface area (Å²) in [6.45, 7) is 4.58. The minimum Gasteiger partial charge on any atom is -0.461 e. The summed E-state index contributed by atoms with van der Waals surface area (Å²) in [5.41, 5.74) is 2.15. The first kappa shape index (κ1) is 13.8. The summed E-state index contributed by atoms with van der Waals surface area (Å²) in [6, 6.07) is 1.05. The molecule has 6 heteroatoms. The molecule has 0 bridgehead atoms. The lowest BCUT2D eigenvalue weighted by Gasteiger charge is -2.32. The molecule has 1 N–H and O–H groups in total. The Balaban J connectivity index is 1.69. The molecule has 0 saturated carbocycles. The van der Waals surface area contributed by atoms with Gasteiger partial charge < -0.3 is 10.1 Å². The highest BCUT2D eigenvalue weighted by Crippen LogP contribution is 2.31. The maximum atomic E-state index is 11.9. The van der Waals surface area contributed by atoms with Crippen LogP contribution >= 0.6 is 11.3 Å². The first-order valence-corrected chi connectivity index (χ1v) is 8.28. The Bertz CT molecular complexity index is 477. The summed E-state index contributed by atoms with van der Waals surface area (Å²) in [5.74, 6) is -0.324. The van der Waals surface area contributed by atoms with Crippen LogP contribution in [0.15, 0.2) is 5.51 Å². The lowest BCUT2D eigenvalue weighted by atomic mass is 9.99. The van der Waals surface area contributed by atoms with Gasteiger partial charge in [0, 0.05) is 18.6 Å². The number of anilines is 1. The number of nitrogens with zero attached hydrogens (tertiary/aromatic N) is 2. The molecule has 1 aromatic rings. The lowest BCUT2D eigenvalue weighted by molar-refractivity contribution is 0.0521. The second-order valence-corrected chi connectivity index (χ2v) is 6.24. The van der Waals surface area contributed by atoms with Crippen molar-refractivity contribution in [1.82, 2.24) is 9.88 Å².